The predicted molar refractivity (Wildman–Crippen MR) is 103 cm³/mol. The van der Waals surface area contributed by atoms with Gasteiger partial charge < -0.3 is 9.47 Å². The number of aryl methyl sites for hydroxylation is 1. The van der Waals surface area contributed by atoms with E-state index in [-0.39, 0.29) is 17.7 Å². The van der Waals surface area contributed by atoms with Gasteiger partial charge in [0.25, 0.3) is 0 Å². The molecule has 3 nitrogen and oxygen atoms in total. The van der Waals surface area contributed by atoms with Gasteiger partial charge in [-0.05, 0) is 36.2 Å². The normalized spacial score (nSPS) is 11.4. The molecule has 174 valence electrons. The first kappa shape index (κ1) is 24.1. The Kier molecular flexibility index (Phi) is 6.95. The van der Waals surface area contributed by atoms with E-state index in [4.69, 9.17) is 4.74 Å². The maximum Gasteiger partial charge on any atom is 0.429 e. The molecular formula is C23H15F7O3. The zero-order valence-electron chi connectivity index (χ0n) is 16.9. The van der Waals surface area contributed by atoms with E-state index in [1.165, 1.54) is 12.1 Å². The Hall–Kier alpha value is -3.56. The molecule has 0 saturated carbocycles. The van der Waals surface area contributed by atoms with Crippen LogP contribution in [0.15, 0.2) is 48.5 Å². The van der Waals surface area contributed by atoms with Gasteiger partial charge in [-0.25, -0.2) is 22.4 Å². The zero-order valence-corrected chi connectivity index (χ0v) is 16.9. The van der Waals surface area contributed by atoms with Crippen LogP contribution in [0.5, 0.6) is 11.5 Å². The fourth-order valence-corrected chi connectivity index (χ4v) is 2.88. The van der Waals surface area contributed by atoms with Crippen molar-refractivity contribution in [2.24, 2.45) is 0 Å². The number of hydrogen-bond donors (Lipinski definition) is 0. The quantitative estimate of drug-likeness (QED) is 0.167. The van der Waals surface area contributed by atoms with Crippen molar-refractivity contribution in [1.29, 1.82) is 0 Å². The van der Waals surface area contributed by atoms with Crippen molar-refractivity contribution in [3.8, 4) is 11.5 Å². The van der Waals surface area contributed by atoms with E-state index >= 15 is 0 Å². The molecule has 0 aromatic heterocycles. The molecule has 10 heteroatoms. The molecule has 0 aliphatic rings. The first-order chi connectivity index (χ1) is 15.5. The third kappa shape index (κ3) is 5.27. The van der Waals surface area contributed by atoms with E-state index in [0.29, 0.717) is 12.1 Å². The molecule has 3 rings (SSSR count). The first-order valence-electron chi connectivity index (χ1n) is 9.54. The lowest BCUT2D eigenvalue weighted by Crippen LogP contribution is -2.24. The van der Waals surface area contributed by atoms with Gasteiger partial charge in [-0.2, -0.15) is 13.2 Å². The van der Waals surface area contributed by atoms with Crippen LogP contribution in [-0.2, 0) is 12.5 Å². The van der Waals surface area contributed by atoms with Crippen LogP contribution in [0.25, 0.3) is 0 Å². The molecular weight excluding hydrogens is 457 g/mol. The van der Waals surface area contributed by atoms with Crippen LogP contribution in [0, 0.1) is 29.1 Å². The van der Waals surface area contributed by atoms with Crippen molar-refractivity contribution in [1.82, 2.24) is 0 Å². The highest BCUT2D eigenvalue weighted by molar-refractivity contribution is 5.91. The summed E-state index contributed by atoms with van der Waals surface area (Å²) in [6.07, 6.45) is -2.97. The van der Waals surface area contributed by atoms with Gasteiger partial charge in [-0.1, -0.05) is 25.5 Å². The van der Waals surface area contributed by atoms with Gasteiger partial charge in [-0.3, -0.25) is 0 Å². The standard InChI is InChI=1S/C23H15F7O3/c1-2-3-12-4-6-13(7-5-12)22(31)32-18-9-8-15(19(26)21(18)28)23(29,30)33-14-10-16(24)20(27)17(25)11-14/h4-11H,2-3H2,1H3. The molecule has 0 atom stereocenters. The Morgan fingerprint density at radius 2 is 1.45 bits per heavy atom. The third-order valence-electron chi connectivity index (χ3n) is 4.49. The minimum atomic E-state index is -4.61. The molecule has 0 spiro atoms. The van der Waals surface area contributed by atoms with Gasteiger partial charge in [0.15, 0.2) is 29.0 Å². The van der Waals surface area contributed by atoms with Crippen LogP contribution in [0.4, 0.5) is 30.7 Å². The average Bonchev–Trinajstić information content (AvgIpc) is 2.75. The second-order valence-corrected chi connectivity index (χ2v) is 6.90. The maximum atomic E-state index is 14.3. The monoisotopic (exact) mass is 472 g/mol. The van der Waals surface area contributed by atoms with Gasteiger partial charge in [0.1, 0.15) is 11.3 Å². The molecule has 0 amide bonds. The molecule has 3 aromatic carbocycles. The van der Waals surface area contributed by atoms with Crippen molar-refractivity contribution in [3.05, 3.63) is 94.3 Å². The summed E-state index contributed by atoms with van der Waals surface area (Å²) in [6.45, 7) is 1.97. The lowest BCUT2D eigenvalue weighted by Gasteiger charge is -2.19. The lowest BCUT2D eigenvalue weighted by molar-refractivity contribution is -0.188. The summed E-state index contributed by atoms with van der Waals surface area (Å²) in [7, 11) is 0. The van der Waals surface area contributed by atoms with Crippen molar-refractivity contribution >= 4 is 5.97 Å². The van der Waals surface area contributed by atoms with Gasteiger partial charge in [-0.15, -0.1) is 0 Å². The molecule has 0 unspecified atom stereocenters. The van der Waals surface area contributed by atoms with Crippen LogP contribution in [0.3, 0.4) is 0 Å². The van der Waals surface area contributed by atoms with Gasteiger partial charge >= 0.3 is 12.1 Å². The number of rotatable bonds is 7. The van der Waals surface area contributed by atoms with Gasteiger partial charge in [0.05, 0.1) is 5.56 Å². The topological polar surface area (TPSA) is 35.5 Å². The van der Waals surface area contributed by atoms with E-state index in [2.05, 4.69) is 4.74 Å². The van der Waals surface area contributed by atoms with Crippen molar-refractivity contribution in [2.45, 2.75) is 25.9 Å². The highest BCUT2D eigenvalue weighted by Crippen LogP contribution is 2.37. The smallest absolute Gasteiger partial charge is 0.429 e. The van der Waals surface area contributed by atoms with Crippen LogP contribution < -0.4 is 9.47 Å². The van der Waals surface area contributed by atoms with E-state index in [1.54, 1.807) is 12.1 Å². The molecule has 0 radical (unpaired) electrons. The molecule has 0 aliphatic carbocycles. The van der Waals surface area contributed by atoms with Crippen LogP contribution >= 0.6 is 0 Å². The summed E-state index contributed by atoms with van der Waals surface area (Å²) >= 11 is 0. The summed E-state index contributed by atoms with van der Waals surface area (Å²) in [4.78, 5) is 12.2. The Balaban J connectivity index is 1.82. The fraction of sp³-hybridized carbons (Fsp3) is 0.174. The van der Waals surface area contributed by atoms with Crippen molar-refractivity contribution < 1.29 is 45.0 Å². The molecule has 0 heterocycles. The molecule has 0 aliphatic heterocycles. The number of benzene rings is 3. The van der Waals surface area contributed by atoms with Gasteiger partial charge in [0.2, 0.25) is 5.82 Å². The van der Waals surface area contributed by atoms with Crippen LogP contribution in [-0.4, -0.2) is 5.97 Å². The molecule has 0 bridgehead atoms. The predicted octanol–water partition coefficient (Wildman–Crippen LogP) is 6.68. The maximum absolute atomic E-state index is 14.3. The molecule has 0 saturated heterocycles. The minimum absolute atomic E-state index is 0.0211. The van der Waals surface area contributed by atoms with Crippen molar-refractivity contribution in [3.63, 3.8) is 0 Å². The Morgan fingerprint density at radius 3 is 2.03 bits per heavy atom. The largest absolute Gasteiger partial charge is 0.429 e. The Labute approximate surface area is 183 Å². The molecule has 3 aromatic rings. The van der Waals surface area contributed by atoms with E-state index in [9.17, 15) is 35.5 Å². The fourth-order valence-electron chi connectivity index (χ4n) is 2.88. The summed E-state index contributed by atoms with van der Waals surface area (Å²) in [5.41, 5.74) is -0.680. The highest BCUT2D eigenvalue weighted by atomic mass is 19.3. The molecule has 0 N–H and O–H groups in total. The Bertz CT molecular complexity index is 1150. The minimum Gasteiger partial charge on any atom is -0.429 e. The third-order valence-corrected chi connectivity index (χ3v) is 4.49. The number of ether oxygens (including phenoxy) is 2. The van der Waals surface area contributed by atoms with E-state index < -0.39 is 58.2 Å². The van der Waals surface area contributed by atoms with Crippen molar-refractivity contribution in [2.75, 3.05) is 0 Å². The Morgan fingerprint density at radius 1 is 0.848 bits per heavy atom. The number of halogens is 7. The molecule has 33 heavy (non-hydrogen) atoms. The van der Waals surface area contributed by atoms with Crippen LogP contribution in [0.1, 0.15) is 34.8 Å². The summed E-state index contributed by atoms with van der Waals surface area (Å²) in [6, 6.07) is 7.31. The second kappa shape index (κ2) is 9.51. The number of alkyl halides is 2. The van der Waals surface area contributed by atoms with Crippen LogP contribution in [0.2, 0.25) is 0 Å². The highest BCUT2D eigenvalue weighted by Gasteiger charge is 2.40. The van der Waals surface area contributed by atoms with E-state index in [0.717, 1.165) is 18.4 Å². The summed E-state index contributed by atoms with van der Waals surface area (Å²) in [5, 5.41) is 0. The first-order valence-corrected chi connectivity index (χ1v) is 9.54. The zero-order chi connectivity index (χ0) is 24.3. The summed E-state index contributed by atoms with van der Waals surface area (Å²) < 4.78 is 106. The van der Waals surface area contributed by atoms with E-state index in [1.807, 2.05) is 6.92 Å². The lowest BCUT2D eigenvalue weighted by atomic mass is 10.1. The van der Waals surface area contributed by atoms with Gasteiger partial charge in [0, 0.05) is 12.1 Å². The summed E-state index contributed by atoms with van der Waals surface area (Å²) in [5.74, 6) is -12.8. The number of esters is 1. The number of carbonyl (C=O) groups is 1. The number of hydrogen-bond acceptors (Lipinski definition) is 3. The number of carbonyl (C=O) groups excluding carboxylic acids is 1. The second-order valence-electron chi connectivity index (χ2n) is 6.90. The average molecular weight is 472 g/mol. The SMILES string of the molecule is CCCc1ccc(C(=O)Oc2ccc(C(F)(F)Oc3cc(F)c(F)c(F)c3)c(F)c2F)cc1. The molecule has 0 fully saturated rings.